The van der Waals surface area contributed by atoms with Gasteiger partial charge in [0.25, 0.3) is 0 Å². The van der Waals surface area contributed by atoms with E-state index in [4.69, 9.17) is 18.6 Å². The molecule has 1 saturated heterocycles. The summed E-state index contributed by atoms with van der Waals surface area (Å²) in [6.45, 7) is -0.603. The Morgan fingerprint density at radius 2 is 1.72 bits per heavy atom. The van der Waals surface area contributed by atoms with Crippen molar-refractivity contribution < 1.29 is 44.2 Å². The lowest BCUT2D eigenvalue weighted by Gasteiger charge is -2.39. The van der Waals surface area contributed by atoms with E-state index in [1.165, 1.54) is 37.6 Å². The van der Waals surface area contributed by atoms with Crippen LogP contribution in [0.15, 0.2) is 51.9 Å². The van der Waals surface area contributed by atoms with Gasteiger partial charge in [0.2, 0.25) is 11.7 Å². The van der Waals surface area contributed by atoms with E-state index < -0.39 is 37.3 Å². The molecule has 0 saturated carbocycles. The van der Waals surface area contributed by atoms with E-state index in [0.717, 1.165) is 0 Å². The molecule has 10 heteroatoms. The molecule has 2 heterocycles. The van der Waals surface area contributed by atoms with Crippen LogP contribution in [0.5, 0.6) is 17.2 Å². The highest BCUT2D eigenvalue weighted by molar-refractivity contribution is 5.84. The third-order valence-corrected chi connectivity index (χ3v) is 5.33. The summed E-state index contributed by atoms with van der Waals surface area (Å²) >= 11 is 0. The predicted octanol–water partition coefficient (Wildman–Crippen LogP) is 0.353. The van der Waals surface area contributed by atoms with Gasteiger partial charge in [0.1, 0.15) is 42.0 Å². The van der Waals surface area contributed by atoms with Crippen molar-refractivity contribution >= 4 is 11.0 Å². The van der Waals surface area contributed by atoms with Crippen LogP contribution in [0.25, 0.3) is 22.1 Å². The van der Waals surface area contributed by atoms with Gasteiger partial charge in [-0.1, -0.05) is 12.1 Å². The second kappa shape index (κ2) is 8.77. The van der Waals surface area contributed by atoms with E-state index in [-0.39, 0.29) is 39.2 Å². The monoisotopic (exact) mass is 446 g/mol. The highest BCUT2D eigenvalue weighted by atomic mass is 16.7. The molecule has 170 valence electrons. The smallest absolute Gasteiger partial charge is 0.229 e. The first-order valence-electron chi connectivity index (χ1n) is 9.74. The second-order valence-corrected chi connectivity index (χ2v) is 7.34. The molecular formula is C22H22O10. The number of fused-ring (bicyclic) bond motifs is 1. The van der Waals surface area contributed by atoms with Crippen LogP contribution in [0.1, 0.15) is 0 Å². The number of benzene rings is 2. The number of aliphatic hydroxyl groups excluding tert-OH is 4. The normalized spacial score (nSPS) is 25.6. The molecule has 0 bridgehead atoms. The highest BCUT2D eigenvalue weighted by Gasteiger charge is 2.45. The first-order chi connectivity index (χ1) is 15.3. The Bertz CT molecular complexity index is 1150. The minimum Gasteiger partial charge on any atom is -0.508 e. The van der Waals surface area contributed by atoms with Crippen molar-refractivity contribution in [1.82, 2.24) is 0 Å². The molecule has 0 unspecified atom stereocenters. The van der Waals surface area contributed by atoms with Crippen LogP contribution < -0.4 is 14.9 Å². The van der Waals surface area contributed by atoms with Gasteiger partial charge in [0.05, 0.1) is 24.7 Å². The maximum atomic E-state index is 13.0. The summed E-state index contributed by atoms with van der Waals surface area (Å²) in [6, 6.07) is 8.86. The maximum Gasteiger partial charge on any atom is 0.229 e. The Morgan fingerprint density at radius 3 is 2.38 bits per heavy atom. The zero-order chi connectivity index (χ0) is 23.0. The molecule has 32 heavy (non-hydrogen) atoms. The predicted molar refractivity (Wildman–Crippen MR) is 111 cm³/mol. The molecule has 5 atom stereocenters. The summed E-state index contributed by atoms with van der Waals surface area (Å²) in [6.07, 6.45) is -6.04. The SMILES string of the molecule is COc1cc2c(=O)c(-c3ccc(O)cc3)coc2cc1O[C@@H]1O[C@@H](CO)[C@@H](O)[C@@H](O)[C@H]1O. The highest BCUT2D eigenvalue weighted by Crippen LogP contribution is 2.35. The number of rotatable bonds is 5. The van der Waals surface area contributed by atoms with E-state index in [9.17, 15) is 30.3 Å². The molecule has 1 fully saturated rings. The molecule has 4 rings (SSSR count). The lowest BCUT2D eigenvalue weighted by molar-refractivity contribution is -0.277. The Kier molecular flexibility index (Phi) is 6.04. The second-order valence-electron chi connectivity index (χ2n) is 7.34. The van der Waals surface area contributed by atoms with Crippen LogP contribution >= 0.6 is 0 Å². The number of phenolic OH excluding ortho intramolecular Hbond substituents is 1. The lowest BCUT2D eigenvalue weighted by atomic mass is 9.99. The number of hydrogen-bond acceptors (Lipinski definition) is 10. The van der Waals surface area contributed by atoms with Gasteiger partial charge >= 0.3 is 0 Å². The van der Waals surface area contributed by atoms with Crippen molar-refractivity contribution in [3.63, 3.8) is 0 Å². The first-order valence-corrected chi connectivity index (χ1v) is 9.74. The van der Waals surface area contributed by atoms with Crippen molar-refractivity contribution in [3.8, 4) is 28.4 Å². The minimum atomic E-state index is -1.61. The summed E-state index contributed by atoms with van der Waals surface area (Å²) in [5.74, 6) is 0.241. The standard InChI is InChI=1S/C22H22O10/c1-29-15-6-12-14(30-9-13(18(12)25)10-2-4-11(24)5-3-10)7-16(15)31-22-21(28)20(27)19(26)17(8-23)32-22/h2-7,9,17,19-24,26-28H,8H2,1H3/t17-,19+,20+,21+,22+/m0/s1. The number of ether oxygens (including phenoxy) is 3. The molecule has 10 nitrogen and oxygen atoms in total. The van der Waals surface area contributed by atoms with Crippen LogP contribution in [0.2, 0.25) is 0 Å². The molecule has 3 aromatic rings. The van der Waals surface area contributed by atoms with Gasteiger partial charge in [-0.2, -0.15) is 0 Å². The lowest BCUT2D eigenvalue weighted by Crippen LogP contribution is -2.60. The topological polar surface area (TPSA) is 159 Å². The Balaban J connectivity index is 1.71. The fraction of sp³-hybridized carbons (Fsp3) is 0.318. The van der Waals surface area contributed by atoms with Gasteiger partial charge in [-0.15, -0.1) is 0 Å². The summed E-state index contributed by atoms with van der Waals surface area (Å²) in [5, 5.41) is 49.1. The molecule has 0 aliphatic carbocycles. The van der Waals surface area contributed by atoms with Crippen molar-refractivity contribution in [3.05, 3.63) is 52.9 Å². The van der Waals surface area contributed by atoms with Crippen LogP contribution in [0.4, 0.5) is 0 Å². The number of aliphatic hydroxyl groups is 4. The van der Waals surface area contributed by atoms with E-state index in [1.807, 2.05) is 0 Å². The molecule has 5 N–H and O–H groups in total. The molecule has 0 spiro atoms. The van der Waals surface area contributed by atoms with Crippen LogP contribution in [-0.4, -0.2) is 70.0 Å². The number of methoxy groups -OCH3 is 1. The van der Waals surface area contributed by atoms with Gasteiger partial charge in [-0.25, -0.2) is 0 Å². The number of phenols is 1. The Labute approximate surface area is 181 Å². The van der Waals surface area contributed by atoms with E-state index in [0.29, 0.717) is 5.56 Å². The Morgan fingerprint density at radius 1 is 1.00 bits per heavy atom. The first kappa shape index (κ1) is 22.1. The van der Waals surface area contributed by atoms with Crippen molar-refractivity contribution in [2.24, 2.45) is 0 Å². The van der Waals surface area contributed by atoms with Crippen molar-refractivity contribution in [1.29, 1.82) is 0 Å². The molecule has 1 aliphatic heterocycles. The zero-order valence-electron chi connectivity index (χ0n) is 16.9. The minimum absolute atomic E-state index is 0.0462. The summed E-state index contributed by atoms with van der Waals surface area (Å²) in [7, 11) is 1.35. The van der Waals surface area contributed by atoms with E-state index in [1.54, 1.807) is 12.1 Å². The van der Waals surface area contributed by atoms with Gasteiger partial charge in [0, 0.05) is 6.07 Å². The average molecular weight is 446 g/mol. The average Bonchev–Trinajstić information content (AvgIpc) is 2.80. The molecule has 0 amide bonds. The van der Waals surface area contributed by atoms with Gasteiger partial charge in [0.15, 0.2) is 11.5 Å². The van der Waals surface area contributed by atoms with Crippen molar-refractivity contribution in [2.75, 3.05) is 13.7 Å². The quantitative estimate of drug-likeness (QED) is 0.370. The molecule has 1 aliphatic rings. The fourth-order valence-corrected chi connectivity index (χ4v) is 3.52. The third kappa shape index (κ3) is 3.90. The summed E-state index contributed by atoms with van der Waals surface area (Å²) in [5.41, 5.74) is 0.661. The van der Waals surface area contributed by atoms with Gasteiger partial charge in [-0.3, -0.25) is 4.79 Å². The largest absolute Gasteiger partial charge is 0.508 e. The number of aromatic hydroxyl groups is 1. The van der Waals surface area contributed by atoms with Gasteiger partial charge < -0.3 is 44.2 Å². The van der Waals surface area contributed by atoms with Crippen molar-refractivity contribution in [2.45, 2.75) is 30.7 Å². The zero-order valence-corrected chi connectivity index (χ0v) is 16.9. The van der Waals surface area contributed by atoms with E-state index in [2.05, 4.69) is 0 Å². The van der Waals surface area contributed by atoms with Crippen LogP contribution in [-0.2, 0) is 4.74 Å². The maximum absolute atomic E-state index is 13.0. The van der Waals surface area contributed by atoms with Crippen LogP contribution in [0, 0.1) is 0 Å². The molecule has 1 aromatic heterocycles. The van der Waals surface area contributed by atoms with Crippen LogP contribution in [0.3, 0.4) is 0 Å². The number of hydrogen-bond donors (Lipinski definition) is 5. The fourth-order valence-electron chi connectivity index (χ4n) is 3.52. The summed E-state index contributed by atoms with van der Waals surface area (Å²) < 4.78 is 21.9. The van der Waals surface area contributed by atoms with E-state index >= 15 is 0 Å². The third-order valence-electron chi connectivity index (χ3n) is 5.33. The molecule has 2 aromatic carbocycles. The Hall–Kier alpha value is -3.15. The van der Waals surface area contributed by atoms with Gasteiger partial charge in [-0.05, 0) is 23.8 Å². The molecular weight excluding hydrogens is 424 g/mol. The molecule has 0 radical (unpaired) electrons. The summed E-state index contributed by atoms with van der Waals surface area (Å²) in [4.78, 5) is 13.0.